The van der Waals surface area contributed by atoms with Gasteiger partial charge in [-0.2, -0.15) is 4.98 Å². The van der Waals surface area contributed by atoms with Crippen molar-refractivity contribution in [2.75, 3.05) is 11.5 Å². The van der Waals surface area contributed by atoms with Crippen LogP contribution in [0.2, 0.25) is 0 Å². The molecule has 0 saturated carbocycles. The predicted molar refractivity (Wildman–Crippen MR) is 92.9 cm³/mol. The van der Waals surface area contributed by atoms with Crippen LogP contribution in [0, 0.1) is 0 Å². The van der Waals surface area contributed by atoms with Gasteiger partial charge in [-0.3, -0.25) is 0 Å². The maximum absolute atomic E-state index is 5.90. The zero-order valence-corrected chi connectivity index (χ0v) is 12.8. The molecule has 2 heterocycles. The summed E-state index contributed by atoms with van der Waals surface area (Å²) < 4.78 is 1.70. The van der Waals surface area contributed by atoms with E-state index in [9.17, 15) is 0 Å². The Morgan fingerprint density at radius 1 is 0.917 bits per heavy atom. The van der Waals surface area contributed by atoms with Gasteiger partial charge >= 0.3 is 0 Å². The highest BCUT2D eigenvalue weighted by molar-refractivity contribution is 5.87. The molecule has 0 radical (unpaired) electrons. The van der Waals surface area contributed by atoms with E-state index in [2.05, 4.69) is 20.3 Å². The third-order valence-electron chi connectivity index (χ3n) is 3.71. The maximum atomic E-state index is 5.90. The number of nitrogens with two attached hydrogens (primary N) is 2. The smallest absolute Gasteiger partial charge is 0.222 e. The van der Waals surface area contributed by atoms with Gasteiger partial charge in [-0.05, 0) is 17.7 Å². The average Bonchev–Trinajstić information content (AvgIpc) is 2.98. The fraction of sp³-hybridized carbons (Fsp3) is 0.0588. The molecule has 0 atom stereocenters. The number of benzene rings is 2. The Balaban J connectivity index is 1.83. The van der Waals surface area contributed by atoms with Crippen LogP contribution in [0.5, 0.6) is 0 Å². The molecule has 118 valence electrons. The number of rotatable bonds is 3. The first-order valence-corrected chi connectivity index (χ1v) is 7.47. The molecule has 0 fully saturated rings. The number of hydrogen-bond acceptors (Lipinski definition) is 6. The Bertz CT molecular complexity index is 1010. The number of aromatic nitrogens is 5. The Labute approximate surface area is 138 Å². The highest BCUT2D eigenvalue weighted by Gasteiger charge is 2.15. The lowest BCUT2D eigenvalue weighted by Gasteiger charge is -2.05. The quantitative estimate of drug-likeness (QED) is 0.560. The Morgan fingerprint density at radius 3 is 2.54 bits per heavy atom. The first-order chi connectivity index (χ1) is 11.7. The van der Waals surface area contributed by atoms with Gasteiger partial charge in [0.2, 0.25) is 5.95 Å². The lowest BCUT2D eigenvalue weighted by molar-refractivity contribution is 0.664. The van der Waals surface area contributed by atoms with E-state index in [0.717, 1.165) is 11.1 Å². The third-order valence-corrected chi connectivity index (χ3v) is 3.71. The summed E-state index contributed by atoms with van der Waals surface area (Å²) in [5.41, 5.74) is 16.3. The summed E-state index contributed by atoms with van der Waals surface area (Å²) in [5, 5.41) is 8.47. The van der Waals surface area contributed by atoms with Crippen molar-refractivity contribution in [3.63, 3.8) is 0 Å². The average molecular weight is 317 g/mol. The molecule has 4 aromatic rings. The second-order valence-corrected chi connectivity index (χ2v) is 5.46. The van der Waals surface area contributed by atoms with Crippen LogP contribution in [0.3, 0.4) is 0 Å². The van der Waals surface area contributed by atoms with Gasteiger partial charge in [0.05, 0.1) is 6.54 Å². The van der Waals surface area contributed by atoms with Gasteiger partial charge in [0, 0.05) is 11.3 Å². The topological polar surface area (TPSA) is 109 Å². The lowest BCUT2D eigenvalue weighted by Crippen LogP contribution is -2.05. The molecule has 7 nitrogen and oxygen atoms in total. The van der Waals surface area contributed by atoms with E-state index in [1.807, 2.05) is 54.6 Å². The van der Waals surface area contributed by atoms with Gasteiger partial charge in [0.25, 0.3) is 0 Å². The van der Waals surface area contributed by atoms with Crippen LogP contribution in [0.4, 0.5) is 11.6 Å². The van der Waals surface area contributed by atoms with Crippen molar-refractivity contribution in [2.45, 2.75) is 6.54 Å². The number of fused-ring (bicyclic) bond motifs is 1. The van der Waals surface area contributed by atoms with Crippen LogP contribution in [-0.2, 0) is 6.54 Å². The van der Waals surface area contributed by atoms with E-state index in [0.29, 0.717) is 29.1 Å². The van der Waals surface area contributed by atoms with Gasteiger partial charge in [-0.1, -0.05) is 47.7 Å². The fourth-order valence-corrected chi connectivity index (χ4v) is 2.64. The van der Waals surface area contributed by atoms with Crippen LogP contribution >= 0.6 is 0 Å². The summed E-state index contributed by atoms with van der Waals surface area (Å²) >= 11 is 0. The summed E-state index contributed by atoms with van der Waals surface area (Å²) in [6.07, 6.45) is 0. The largest absolute Gasteiger partial charge is 0.399 e. The molecular weight excluding hydrogens is 302 g/mol. The molecule has 0 aliphatic rings. The molecule has 0 saturated heterocycles. The SMILES string of the molecule is Nc1cccc(Cn2nnc3c(-c4ccccc4)nc(N)nc32)c1. The van der Waals surface area contributed by atoms with Crippen molar-refractivity contribution in [2.24, 2.45) is 0 Å². The molecule has 0 spiro atoms. The molecule has 0 amide bonds. The third kappa shape index (κ3) is 2.52. The zero-order valence-electron chi connectivity index (χ0n) is 12.8. The Hall–Kier alpha value is -3.48. The normalized spacial score (nSPS) is 11.0. The van der Waals surface area contributed by atoms with Gasteiger partial charge in [-0.15, -0.1) is 5.10 Å². The number of nitrogen functional groups attached to an aromatic ring is 2. The number of nitrogens with zero attached hydrogens (tertiary/aromatic N) is 5. The summed E-state index contributed by atoms with van der Waals surface area (Å²) in [4.78, 5) is 8.65. The van der Waals surface area contributed by atoms with Crippen molar-refractivity contribution in [3.05, 3.63) is 60.2 Å². The van der Waals surface area contributed by atoms with E-state index in [1.54, 1.807) is 4.68 Å². The van der Waals surface area contributed by atoms with Gasteiger partial charge in [0.1, 0.15) is 5.69 Å². The Morgan fingerprint density at radius 2 is 1.75 bits per heavy atom. The molecule has 0 aliphatic heterocycles. The van der Waals surface area contributed by atoms with Gasteiger partial charge < -0.3 is 11.5 Å². The summed E-state index contributed by atoms with van der Waals surface area (Å²) in [7, 11) is 0. The van der Waals surface area contributed by atoms with E-state index in [1.165, 1.54) is 0 Å². The maximum Gasteiger partial charge on any atom is 0.222 e. The number of hydrogen-bond donors (Lipinski definition) is 2. The summed E-state index contributed by atoms with van der Waals surface area (Å²) in [6, 6.07) is 17.4. The van der Waals surface area contributed by atoms with Gasteiger partial charge in [0.15, 0.2) is 11.2 Å². The van der Waals surface area contributed by atoms with E-state index in [4.69, 9.17) is 11.5 Å². The fourth-order valence-electron chi connectivity index (χ4n) is 2.64. The van der Waals surface area contributed by atoms with Crippen molar-refractivity contribution in [3.8, 4) is 11.3 Å². The molecule has 0 bridgehead atoms. The predicted octanol–water partition coefficient (Wildman–Crippen LogP) is 2.10. The number of anilines is 2. The van der Waals surface area contributed by atoms with Crippen molar-refractivity contribution >= 4 is 22.8 Å². The molecule has 24 heavy (non-hydrogen) atoms. The van der Waals surface area contributed by atoms with E-state index in [-0.39, 0.29) is 5.95 Å². The molecule has 2 aromatic heterocycles. The van der Waals surface area contributed by atoms with Crippen LogP contribution in [0.15, 0.2) is 54.6 Å². The van der Waals surface area contributed by atoms with Gasteiger partial charge in [-0.25, -0.2) is 9.67 Å². The minimum atomic E-state index is 0.192. The van der Waals surface area contributed by atoms with Crippen LogP contribution in [0.1, 0.15) is 5.56 Å². The Kier molecular flexibility index (Phi) is 3.31. The highest BCUT2D eigenvalue weighted by atomic mass is 15.4. The van der Waals surface area contributed by atoms with Crippen LogP contribution in [0.25, 0.3) is 22.4 Å². The molecule has 7 heteroatoms. The van der Waals surface area contributed by atoms with Crippen molar-refractivity contribution < 1.29 is 0 Å². The molecular formula is C17H15N7. The second-order valence-electron chi connectivity index (χ2n) is 5.46. The van der Waals surface area contributed by atoms with E-state index >= 15 is 0 Å². The zero-order chi connectivity index (χ0) is 16.5. The first-order valence-electron chi connectivity index (χ1n) is 7.47. The standard InChI is InChI=1S/C17H15N7/c18-13-8-4-5-11(9-13)10-24-16-15(22-23-24)14(20-17(19)21-16)12-6-2-1-3-7-12/h1-9H,10,18H2,(H2,19,20,21). The molecule has 4 N–H and O–H groups in total. The summed E-state index contributed by atoms with van der Waals surface area (Å²) in [5.74, 6) is 0.192. The van der Waals surface area contributed by atoms with Crippen molar-refractivity contribution in [1.82, 2.24) is 25.0 Å². The monoisotopic (exact) mass is 317 g/mol. The molecule has 2 aromatic carbocycles. The van der Waals surface area contributed by atoms with Crippen molar-refractivity contribution in [1.29, 1.82) is 0 Å². The minimum Gasteiger partial charge on any atom is -0.399 e. The van der Waals surface area contributed by atoms with Crippen LogP contribution < -0.4 is 11.5 Å². The molecule has 0 aliphatic carbocycles. The minimum absolute atomic E-state index is 0.192. The first kappa shape index (κ1) is 14.1. The van der Waals surface area contributed by atoms with Crippen LogP contribution in [-0.4, -0.2) is 25.0 Å². The molecule has 4 rings (SSSR count). The highest BCUT2D eigenvalue weighted by Crippen LogP contribution is 2.25. The lowest BCUT2D eigenvalue weighted by atomic mass is 10.1. The second kappa shape index (κ2) is 5.62. The molecule has 0 unspecified atom stereocenters. The van der Waals surface area contributed by atoms with E-state index < -0.39 is 0 Å². The summed E-state index contributed by atoms with van der Waals surface area (Å²) in [6.45, 7) is 0.506.